The summed E-state index contributed by atoms with van der Waals surface area (Å²) in [5.74, 6) is 0.973. The van der Waals surface area contributed by atoms with Gasteiger partial charge in [0.2, 0.25) is 0 Å². The van der Waals surface area contributed by atoms with Crippen molar-refractivity contribution in [3.8, 4) is 0 Å². The summed E-state index contributed by atoms with van der Waals surface area (Å²) < 4.78 is 7.40. The molecule has 0 saturated carbocycles. The molecule has 92 valence electrons. The predicted molar refractivity (Wildman–Crippen MR) is 63.1 cm³/mol. The van der Waals surface area contributed by atoms with Gasteiger partial charge >= 0.3 is 0 Å². The molecule has 1 aromatic heterocycles. The summed E-state index contributed by atoms with van der Waals surface area (Å²) in [6.45, 7) is 8.29. The van der Waals surface area contributed by atoms with E-state index >= 15 is 0 Å². The zero-order valence-electron chi connectivity index (χ0n) is 10.3. The predicted octanol–water partition coefficient (Wildman–Crippen LogP) is 1.20. The maximum Gasteiger partial charge on any atom is 0.140 e. The third-order valence-corrected chi connectivity index (χ3v) is 2.32. The lowest BCUT2D eigenvalue weighted by Crippen LogP contribution is -2.18. The van der Waals surface area contributed by atoms with Gasteiger partial charge in [0.05, 0.1) is 19.7 Å². The van der Waals surface area contributed by atoms with E-state index in [1.54, 1.807) is 6.33 Å². The van der Waals surface area contributed by atoms with Crippen LogP contribution in [0.3, 0.4) is 0 Å². The molecule has 0 saturated heterocycles. The molecule has 0 unspecified atom stereocenters. The van der Waals surface area contributed by atoms with E-state index in [2.05, 4.69) is 29.2 Å². The second-order valence-corrected chi connectivity index (χ2v) is 3.65. The average molecular weight is 226 g/mol. The Morgan fingerprint density at radius 3 is 3.00 bits per heavy atom. The molecule has 0 bridgehead atoms. The molecule has 1 N–H and O–H groups in total. The van der Waals surface area contributed by atoms with E-state index in [-0.39, 0.29) is 0 Å². The van der Waals surface area contributed by atoms with E-state index in [4.69, 9.17) is 4.74 Å². The van der Waals surface area contributed by atoms with Gasteiger partial charge in [-0.15, -0.1) is 0 Å². The summed E-state index contributed by atoms with van der Waals surface area (Å²) in [6.07, 6.45) is 3.90. The van der Waals surface area contributed by atoms with E-state index in [0.717, 1.165) is 38.5 Å². The van der Waals surface area contributed by atoms with Crippen LogP contribution in [0.15, 0.2) is 6.33 Å². The summed E-state index contributed by atoms with van der Waals surface area (Å²) in [6, 6.07) is 0. The molecule has 5 nitrogen and oxygen atoms in total. The summed E-state index contributed by atoms with van der Waals surface area (Å²) in [5.41, 5.74) is 0. The van der Waals surface area contributed by atoms with Gasteiger partial charge in [-0.25, -0.2) is 9.67 Å². The number of unbranched alkanes of at least 4 members (excludes halogenated alkanes) is 1. The number of ether oxygens (including phenoxy) is 1. The standard InChI is InChI=1S/C11H22N4O/c1-3-5-7-16-8-6-15-11(9-12-4-2)13-10-14-15/h10,12H,3-9H2,1-2H3. The Kier molecular flexibility index (Phi) is 6.76. The van der Waals surface area contributed by atoms with Crippen LogP contribution in [0.5, 0.6) is 0 Å². The van der Waals surface area contributed by atoms with Crippen LogP contribution in [0.25, 0.3) is 0 Å². The molecule has 1 rings (SSSR count). The van der Waals surface area contributed by atoms with Crippen molar-refractivity contribution in [3.05, 3.63) is 12.2 Å². The van der Waals surface area contributed by atoms with Crippen LogP contribution < -0.4 is 5.32 Å². The first kappa shape index (κ1) is 13.1. The van der Waals surface area contributed by atoms with Crippen LogP contribution >= 0.6 is 0 Å². The normalized spacial score (nSPS) is 10.9. The first-order chi connectivity index (χ1) is 7.88. The largest absolute Gasteiger partial charge is 0.380 e. The zero-order chi connectivity index (χ0) is 11.6. The maximum absolute atomic E-state index is 5.50. The van der Waals surface area contributed by atoms with Crippen molar-refractivity contribution in [1.29, 1.82) is 0 Å². The van der Waals surface area contributed by atoms with Gasteiger partial charge in [-0.3, -0.25) is 0 Å². The highest BCUT2D eigenvalue weighted by Gasteiger charge is 2.02. The molecular weight excluding hydrogens is 204 g/mol. The molecule has 1 heterocycles. The van der Waals surface area contributed by atoms with Gasteiger partial charge in [0.15, 0.2) is 0 Å². The fraction of sp³-hybridized carbons (Fsp3) is 0.818. The van der Waals surface area contributed by atoms with E-state index in [0.29, 0.717) is 6.61 Å². The zero-order valence-corrected chi connectivity index (χ0v) is 10.3. The molecule has 16 heavy (non-hydrogen) atoms. The molecule has 1 aromatic rings. The van der Waals surface area contributed by atoms with Crippen molar-refractivity contribution in [2.45, 2.75) is 39.8 Å². The van der Waals surface area contributed by atoms with Crippen molar-refractivity contribution in [1.82, 2.24) is 20.1 Å². The number of nitrogens with zero attached hydrogens (tertiary/aromatic N) is 3. The highest BCUT2D eigenvalue weighted by Crippen LogP contribution is 1.95. The minimum atomic E-state index is 0.711. The molecule has 0 spiro atoms. The Morgan fingerprint density at radius 2 is 2.25 bits per heavy atom. The lowest BCUT2D eigenvalue weighted by atomic mass is 10.4. The van der Waals surface area contributed by atoms with Crippen LogP contribution in [0.1, 0.15) is 32.5 Å². The minimum absolute atomic E-state index is 0.711. The third kappa shape index (κ3) is 4.72. The fourth-order valence-electron chi connectivity index (χ4n) is 1.35. The van der Waals surface area contributed by atoms with E-state index < -0.39 is 0 Å². The molecule has 0 aromatic carbocycles. The minimum Gasteiger partial charge on any atom is -0.380 e. The average Bonchev–Trinajstić information content (AvgIpc) is 2.74. The van der Waals surface area contributed by atoms with Gasteiger partial charge in [0.25, 0.3) is 0 Å². The summed E-state index contributed by atoms with van der Waals surface area (Å²) in [7, 11) is 0. The topological polar surface area (TPSA) is 52.0 Å². The fourth-order valence-corrected chi connectivity index (χ4v) is 1.35. The Balaban J connectivity index is 2.22. The van der Waals surface area contributed by atoms with E-state index in [1.807, 2.05) is 4.68 Å². The number of hydrogen-bond donors (Lipinski definition) is 1. The summed E-state index contributed by atoms with van der Waals surface area (Å²) in [5, 5.41) is 7.41. The molecule has 5 heteroatoms. The Hall–Kier alpha value is -0.940. The Labute approximate surface area is 97.2 Å². The Bertz CT molecular complexity index is 275. The van der Waals surface area contributed by atoms with Crippen molar-refractivity contribution in [2.75, 3.05) is 19.8 Å². The van der Waals surface area contributed by atoms with Crippen molar-refractivity contribution >= 4 is 0 Å². The highest BCUT2D eigenvalue weighted by molar-refractivity contribution is 4.83. The van der Waals surface area contributed by atoms with Crippen LogP contribution in [-0.2, 0) is 17.8 Å². The molecule has 0 aliphatic carbocycles. The Morgan fingerprint density at radius 1 is 1.38 bits per heavy atom. The van der Waals surface area contributed by atoms with Crippen LogP contribution in [0.2, 0.25) is 0 Å². The van der Waals surface area contributed by atoms with Crippen LogP contribution in [0.4, 0.5) is 0 Å². The van der Waals surface area contributed by atoms with Gasteiger partial charge in [-0.05, 0) is 13.0 Å². The maximum atomic E-state index is 5.50. The first-order valence-corrected chi connectivity index (χ1v) is 6.03. The molecule has 0 atom stereocenters. The van der Waals surface area contributed by atoms with Gasteiger partial charge in [-0.2, -0.15) is 5.10 Å². The molecule has 0 aliphatic heterocycles. The second kappa shape index (κ2) is 8.24. The number of rotatable bonds is 9. The van der Waals surface area contributed by atoms with Gasteiger partial charge in [0.1, 0.15) is 12.2 Å². The summed E-state index contributed by atoms with van der Waals surface area (Å²) in [4.78, 5) is 4.20. The summed E-state index contributed by atoms with van der Waals surface area (Å²) >= 11 is 0. The third-order valence-electron chi connectivity index (χ3n) is 2.32. The molecule has 0 radical (unpaired) electrons. The van der Waals surface area contributed by atoms with Crippen molar-refractivity contribution in [2.24, 2.45) is 0 Å². The lowest BCUT2D eigenvalue weighted by Gasteiger charge is -2.07. The second-order valence-electron chi connectivity index (χ2n) is 3.65. The monoisotopic (exact) mass is 226 g/mol. The highest BCUT2D eigenvalue weighted by atomic mass is 16.5. The molecule has 0 fully saturated rings. The number of nitrogens with one attached hydrogen (secondary N) is 1. The molecule has 0 aliphatic rings. The van der Waals surface area contributed by atoms with Crippen LogP contribution in [0, 0.1) is 0 Å². The van der Waals surface area contributed by atoms with Gasteiger partial charge in [-0.1, -0.05) is 20.3 Å². The van der Waals surface area contributed by atoms with Crippen LogP contribution in [-0.4, -0.2) is 34.5 Å². The number of aromatic nitrogens is 3. The first-order valence-electron chi connectivity index (χ1n) is 6.03. The van der Waals surface area contributed by atoms with Crippen molar-refractivity contribution < 1.29 is 4.74 Å². The lowest BCUT2D eigenvalue weighted by molar-refractivity contribution is 0.120. The smallest absolute Gasteiger partial charge is 0.140 e. The molecular formula is C11H22N4O. The van der Waals surface area contributed by atoms with Crippen molar-refractivity contribution in [3.63, 3.8) is 0 Å². The SMILES string of the molecule is CCCCOCCn1ncnc1CNCC. The van der Waals surface area contributed by atoms with E-state index in [1.165, 1.54) is 6.42 Å². The number of hydrogen-bond acceptors (Lipinski definition) is 4. The van der Waals surface area contributed by atoms with Gasteiger partial charge < -0.3 is 10.1 Å². The van der Waals surface area contributed by atoms with Gasteiger partial charge in [0, 0.05) is 6.61 Å². The quantitative estimate of drug-likeness (QED) is 0.643. The van der Waals surface area contributed by atoms with E-state index in [9.17, 15) is 0 Å². The molecule has 0 amide bonds.